The molecule has 106 valence electrons. The van der Waals surface area contributed by atoms with Gasteiger partial charge in [0.1, 0.15) is 5.82 Å². The molecule has 4 nitrogen and oxygen atoms in total. The number of aryl methyl sites for hydroxylation is 1. The zero-order valence-electron chi connectivity index (χ0n) is 12.6. The second-order valence-corrected chi connectivity index (χ2v) is 6.26. The predicted molar refractivity (Wildman–Crippen MR) is 80.4 cm³/mol. The summed E-state index contributed by atoms with van der Waals surface area (Å²) in [5.41, 5.74) is 8.14. The van der Waals surface area contributed by atoms with Crippen LogP contribution in [0.2, 0.25) is 0 Å². The molecule has 0 saturated carbocycles. The van der Waals surface area contributed by atoms with Gasteiger partial charge in [-0.3, -0.25) is 4.90 Å². The number of rotatable bonds is 2. The summed E-state index contributed by atoms with van der Waals surface area (Å²) in [7, 11) is 0. The molecule has 1 aromatic rings. The van der Waals surface area contributed by atoms with Crippen LogP contribution < -0.4 is 10.6 Å². The summed E-state index contributed by atoms with van der Waals surface area (Å²) in [5.74, 6) is 1.09. The molecule has 0 aromatic carbocycles. The molecule has 1 aliphatic rings. The molecule has 1 aliphatic heterocycles. The van der Waals surface area contributed by atoms with E-state index in [-0.39, 0.29) is 5.54 Å². The summed E-state index contributed by atoms with van der Waals surface area (Å²) in [4.78, 5) is 9.59. The molecule has 2 N–H and O–H groups in total. The number of aromatic nitrogens is 1. The van der Waals surface area contributed by atoms with Crippen LogP contribution in [0.15, 0.2) is 12.1 Å². The van der Waals surface area contributed by atoms with E-state index in [4.69, 9.17) is 5.73 Å². The zero-order chi connectivity index (χ0) is 14.0. The van der Waals surface area contributed by atoms with Crippen LogP contribution >= 0.6 is 0 Å². The van der Waals surface area contributed by atoms with Gasteiger partial charge < -0.3 is 10.6 Å². The summed E-state index contributed by atoms with van der Waals surface area (Å²) >= 11 is 0. The number of pyridine rings is 1. The van der Waals surface area contributed by atoms with Crippen LogP contribution in [-0.4, -0.2) is 41.6 Å². The minimum atomic E-state index is 0.263. The average Bonchev–Trinajstić information content (AvgIpc) is 2.38. The molecular weight excluding hydrogens is 236 g/mol. The lowest BCUT2D eigenvalue weighted by molar-refractivity contribution is 0.128. The molecule has 1 saturated heterocycles. The summed E-state index contributed by atoms with van der Waals surface area (Å²) in [6, 6.07) is 4.20. The van der Waals surface area contributed by atoms with Crippen molar-refractivity contribution in [2.75, 3.05) is 31.1 Å². The largest absolute Gasteiger partial charge is 0.354 e. The Labute approximate surface area is 116 Å². The maximum atomic E-state index is 5.68. The van der Waals surface area contributed by atoms with E-state index in [9.17, 15) is 0 Å². The summed E-state index contributed by atoms with van der Waals surface area (Å²) in [5, 5.41) is 0. The lowest BCUT2D eigenvalue weighted by Gasteiger charge is -2.42. The number of nitrogens with zero attached hydrogens (tertiary/aromatic N) is 3. The third-order valence-electron chi connectivity index (χ3n) is 3.95. The van der Waals surface area contributed by atoms with Gasteiger partial charge in [-0.2, -0.15) is 0 Å². The molecule has 19 heavy (non-hydrogen) atoms. The lowest BCUT2D eigenvalue weighted by atomic mass is 10.0. The number of piperazine rings is 1. The second-order valence-electron chi connectivity index (χ2n) is 6.26. The molecule has 0 bridgehead atoms. The van der Waals surface area contributed by atoms with E-state index in [1.54, 1.807) is 0 Å². The summed E-state index contributed by atoms with van der Waals surface area (Å²) in [6.45, 7) is 13.7. The predicted octanol–water partition coefficient (Wildman–Crippen LogP) is 1.77. The number of nitrogens with two attached hydrogens (primary N) is 1. The second kappa shape index (κ2) is 5.47. The highest BCUT2D eigenvalue weighted by molar-refractivity contribution is 5.42. The highest BCUT2D eigenvalue weighted by Crippen LogP contribution is 2.20. The van der Waals surface area contributed by atoms with Gasteiger partial charge in [-0.25, -0.2) is 4.98 Å². The molecule has 0 radical (unpaired) electrons. The molecule has 0 spiro atoms. The van der Waals surface area contributed by atoms with Crippen LogP contribution in [0.4, 0.5) is 5.82 Å². The first-order valence-corrected chi connectivity index (χ1v) is 7.08. The van der Waals surface area contributed by atoms with Crippen molar-refractivity contribution in [3.8, 4) is 0 Å². The fourth-order valence-electron chi connectivity index (χ4n) is 2.57. The van der Waals surface area contributed by atoms with Crippen LogP contribution in [-0.2, 0) is 6.54 Å². The molecule has 0 aliphatic carbocycles. The number of hydrogen-bond acceptors (Lipinski definition) is 4. The van der Waals surface area contributed by atoms with Gasteiger partial charge in [0.2, 0.25) is 0 Å². The quantitative estimate of drug-likeness (QED) is 0.882. The van der Waals surface area contributed by atoms with E-state index in [2.05, 4.69) is 47.7 Å². The normalized spacial score (nSPS) is 17.8. The van der Waals surface area contributed by atoms with Gasteiger partial charge in [0, 0.05) is 44.0 Å². The van der Waals surface area contributed by atoms with Crippen LogP contribution in [0.1, 0.15) is 32.0 Å². The van der Waals surface area contributed by atoms with Crippen LogP contribution in [0.5, 0.6) is 0 Å². The van der Waals surface area contributed by atoms with Crippen LogP contribution in [0, 0.1) is 6.92 Å². The maximum absolute atomic E-state index is 5.68. The van der Waals surface area contributed by atoms with Crippen LogP contribution in [0.25, 0.3) is 0 Å². The van der Waals surface area contributed by atoms with Gasteiger partial charge in [-0.05, 0) is 39.3 Å². The monoisotopic (exact) mass is 262 g/mol. The van der Waals surface area contributed by atoms with Crippen molar-refractivity contribution in [3.05, 3.63) is 23.4 Å². The van der Waals surface area contributed by atoms with E-state index in [1.807, 2.05) is 6.92 Å². The Bertz CT molecular complexity index is 428. The Kier molecular flexibility index (Phi) is 4.11. The molecule has 0 unspecified atom stereocenters. The van der Waals surface area contributed by atoms with Crippen molar-refractivity contribution in [1.29, 1.82) is 0 Å². The van der Waals surface area contributed by atoms with Gasteiger partial charge in [0.15, 0.2) is 0 Å². The standard InChI is InChI=1S/C15H26N4/c1-12-13(11-16)5-6-14(17-12)18-7-9-19(10-8-18)15(2,3)4/h5-6H,7-11,16H2,1-4H3. The fraction of sp³-hybridized carbons (Fsp3) is 0.667. The van der Waals surface area contributed by atoms with Crippen molar-refractivity contribution in [3.63, 3.8) is 0 Å². The zero-order valence-corrected chi connectivity index (χ0v) is 12.6. The van der Waals surface area contributed by atoms with Crippen molar-refractivity contribution < 1.29 is 0 Å². The SMILES string of the molecule is Cc1nc(N2CCN(C(C)(C)C)CC2)ccc1CN. The molecule has 1 aromatic heterocycles. The van der Waals surface area contributed by atoms with Crippen LogP contribution in [0.3, 0.4) is 0 Å². The number of anilines is 1. The highest BCUT2D eigenvalue weighted by atomic mass is 15.3. The smallest absolute Gasteiger partial charge is 0.128 e. The third-order valence-corrected chi connectivity index (χ3v) is 3.95. The first kappa shape index (κ1) is 14.3. The van der Waals surface area contributed by atoms with E-state index in [0.29, 0.717) is 6.54 Å². The molecular formula is C15H26N4. The first-order chi connectivity index (χ1) is 8.91. The van der Waals surface area contributed by atoms with Gasteiger partial charge in [0.25, 0.3) is 0 Å². The Balaban J connectivity index is 2.04. The minimum Gasteiger partial charge on any atom is -0.354 e. The fourth-order valence-corrected chi connectivity index (χ4v) is 2.57. The molecule has 2 heterocycles. The summed E-state index contributed by atoms with van der Waals surface area (Å²) < 4.78 is 0. The minimum absolute atomic E-state index is 0.263. The average molecular weight is 262 g/mol. The maximum Gasteiger partial charge on any atom is 0.128 e. The van der Waals surface area contributed by atoms with E-state index >= 15 is 0 Å². The van der Waals surface area contributed by atoms with Gasteiger partial charge in [-0.15, -0.1) is 0 Å². The molecule has 4 heteroatoms. The first-order valence-electron chi connectivity index (χ1n) is 7.08. The van der Waals surface area contributed by atoms with Crippen molar-refractivity contribution in [2.45, 2.75) is 39.8 Å². The molecule has 2 rings (SSSR count). The van der Waals surface area contributed by atoms with Crippen molar-refractivity contribution in [1.82, 2.24) is 9.88 Å². The van der Waals surface area contributed by atoms with Crippen molar-refractivity contribution in [2.24, 2.45) is 5.73 Å². The van der Waals surface area contributed by atoms with Gasteiger partial charge >= 0.3 is 0 Å². The van der Waals surface area contributed by atoms with Gasteiger partial charge in [0.05, 0.1) is 0 Å². The lowest BCUT2D eigenvalue weighted by Crippen LogP contribution is -2.53. The van der Waals surface area contributed by atoms with Gasteiger partial charge in [-0.1, -0.05) is 6.07 Å². The van der Waals surface area contributed by atoms with E-state index in [1.165, 1.54) is 0 Å². The topological polar surface area (TPSA) is 45.4 Å². The molecule has 1 fully saturated rings. The van der Waals surface area contributed by atoms with Crippen molar-refractivity contribution >= 4 is 5.82 Å². The summed E-state index contributed by atoms with van der Waals surface area (Å²) in [6.07, 6.45) is 0. The molecule has 0 atom stereocenters. The number of hydrogen-bond donors (Lipinski definition) is 1. The van der Waals surface area contributed by atoms with E-state index in [0.717, 1.165) is 43.3 Å². The highest BCUT2D eigenvalue weighted by Gasteiger charge is 2.26. The Morgan fingerprint density at radius 3 is 2.26 bits per heavy atom. The Morgan fingerprint density at radius 1 is 1.16 bits per heavy atom. The Hall–Kier alpha value is -1.13. The van der Waals surface area contributed by atoms with E-state index < -0.39 is 0 Å². The Morgan fingerprint density at radius 2 is 1.79 bits per heavy atom. The third kappa shape index (κ3) is 3.25. The molecule has 0 amide bonds.